The minimum absolute atomic E-state index is 0. The van der Waals surface area contributed by atoms with Crippen LogP contribution >= 0.6 is 12.4 Å². The van der Waals surface area contributed by atoms with Crippen molar-refractivity contribution in [2.24, 2.45) is 0 Å². The van der Waals surface area contributed by atoms with Crippen molar-refractivity contribution in [3.05, 3.63) is 0 Å². The van der Waals surface area contributed by atoms with Crippen molar-refractivity contribution in [1.29, 1.82) is 0 Å². The van der Waals surface area contributed by atoms with E-state index in [0.717, 1.165) is 0 Å². The van der Waals surface area contributed by atoms with E-state index in [1.807, 2.05) is 0 Å². The third kappa shape index (κ3) is 5.37. The molecule has 10 heavy (non-hydrogen) atoms. The van der Waals surface area contributed by atoms with Gasteiger partial charge in [0.05, 0.1) is 0 Å². The van der Waals surface area contributed by atoms with E-state index < -0.39 is 18.0 Å². The van der Waals surface area contributed by atoms with Crippen molar-refractivity contribution in [3.63, 3.8) is 0 Å². The third-order valence-electron chi connectivity index (χ3n) is 0.691. The number of carboxylic acids is 1. The molecule has 0 aromatic carbocycles. The molecule has 1 atom stereocenters. The maximum Gasteiger partial charge on any atom is 0.344 e. The van der Waals surface area contributed by atoms with Gasteiger partial charge in [0.2, 0.25) is 0 Å². The average molecular weight is 169 g/mol. The van der Waals surface area contributed by atoms with Crippen molar-refractivity contribution in [2.75, 3.05) is 0 Å². The first-order chi connectivity index (χ1) is 4.04. The first-order valence-electron chi connectivity index (χ1n) is 2.44. The van der Waals surface area contributed by atoms with E-state index in [1.165, 1.54) is 13.8 Å². The van der Waals surface area contributed by atoms with Gasteiger partial charge in [-0.2, -0.15) is 0 Å². The molecule has 0 aliphatic heterocycles. The number of hydrogen-bond donors (Lipinski definition) is 1. The molecule has 5 heteroatoms. The molecule has 0 spiro atoms. The highest BCUT2D eigenvalue weighted by Crippen LogP contribution is 1.89. The van der Waals surface area contributed by atoms with Gasteiger partial charge in [-0.05, 0) is 6.92 Å². The number of carboxylic acid groups (broad SMARTS) is 1. The highest BCUT2D eigenvalue weighted by Gasteiger charge is 2.12. The van der Waals surface area contributed by atoms with Gasteiger partial charge in [-0.25, -0.2) is 4.79 Å². The molecular formula is C5H9ClO4. The molecule has 0 aromatic rings. The van der Waals surface area contributed by atoms with Gasteiger partial charge < -0.3 is 9.84 Å². The van der Waals surface area contributed by atoms with Crippen molar-refractivity contribution >= 4 is 24.3 Å². The molecule has 0 aliphatic carbocycles. The van der Waals surface area contributed by atoms with E-state index in [0.29, 0.717) is 0 Å². The van der Waals surface area contributed by atoms with Crippen LogP contribution in [0.5, 0.6) is 0 Å². The van der Waals surface area contributed by atoms with Crippen molar-refractivity contribution in [1.82, 2.24) is 0 Å². The number of esters is 1. The first kappa shape index (κ1) is 12.0. The Kier molecular flexibility index (Phi) is 6.04. The van der Waals surface area contributed by atoms with E-state index in [1.54, 1.807) is 0 Å². The van der Waals surface area contributed by atoms with Crippen LogP contribution in [0.2, 0.25) is 0 Å². The van der Waals surface area contributed by atoms with Gasteiger partial charge in [0.15, 0.2) is 6.10 Å². The standard InChI is InChI=1S/C5H8O4.ClH/c1-3(5(7)8)9-4(2)6;/h3H,1-2H3,(H,7,8);1H. The van der Waals surface area contributed by atoms with Crippen molar-refractivity contribution in [2.45, 2.75) is 20.0 Å². The van der Waals surface area contributed by atoms with E-state index in [-0.39, 0.29) is 12.4 Å². The van der Waals surface area contributed by atoms with E-state index in [4.69, 9.17) is 5.11 Å². The number of carbonyl (C=O) groups is 2. The molecule has 60 valence electrons. The van der Waals surface area contributed by atoms with Gasteiger partial charge in [0, 0.05) is 6.92 Å². The Balaban J connectivity index is 0. The Morgan fingerprint density at radius 3 is 2.00 bits per heavy atom. The lowest BCUT2D eigenvalue weighted by Crippen LogP contribution is -2.21. The number of rotatable bonds is 2. The maximum atomic E-state index is 10.1. The number of halogens is 1. The zero-order chi connectivity index (χ0) is 7.44. The number of carbonyl (C=O) groups excluding carboxylic acids is 1. The van der Waals surface area contributed by atoms with Crippen LogP contribution in [0, 0.1) is 0 Å². The summed E-state index contributed by atoms with van der Waals surface area (Å²) in [5.41, 5.74) is 0. The molecule has 0 aliphatic rings. The lowest BCUT2D eigenvalue weighted by molar-refractivity contribution is -0.161. The van der Waals surface area contributed by atoms with E-state index in [2.05, 4.69) is 4.74 Å². The summed E-state index contributed by atoms with van der Waals surface area (Å²) in [6, 6.07) is 0. The van der Waals surface area contributed by atoms with Crippen molar-refractivity contribution < 1.29 is 19.4 Å². The summed E-state index contributed by atoms with van der Waals surface area (Å²) in [5, 5.41) is 8.15. The van der Waals surface area contributed by atoms with Crippen LogP contribution in [0.15, 0.2) is 0 Å². The van der Waals surface area contributed by atoms with Crippen LogP contribution in [-0.4, -0.2) is 23.1 Å². The number of ether oxygens (including phenoxy) is 1. The molecule has 0 saturated heterocycles. The van der Waals surface area contributed by atoms with Gasteiger partial charge in [-0.1, -0.05) is 0 Å². The Hall–Kier alpha value is -0.770. The van der Waals surface area contributed by atoms with Crippen LogP contribution in [0.3, 0.4) is 0 Å². The molecule has 1 unspecified atom stereocenters. The SMILES string of the molecule is CC(=O)OC(C)C(=O)O.Cl. The fourth-order valence-corrected chi connectivity index (χ4v) is 0.299. The quantitative estimate of drug-likeness (QED) is 0.608. The predicted octanol–water partition coefficient (Wildman–Crippen LogP) is 0.444. The summed E-state index contributed by atoms with van der Waals surface area (Å²) in [6.07, 6.45) is -1.04. The Labute approximate surface area is 64.6 Å². The van der Waals surface area contributed by atoms with Gasteiger partial charge in [0.1, 0.15) is 0 Å². The van der Waals surface area contributed by atoms with Crippen LogP contribution in [0.4, 0.5) is 0 Å². The Morgan fingerprint density at radius 1 is 1.50 bits per heavy atom. The largest absolute Gasteiger partial charge is 0.479 e. The lowest BCUT2D eigenvalue weighted by atomic mass is 10.4. The lowest BCUT2D eigenvalue weighted by Gasteiger charge is -2.04. The van der Waals surface area contributed by atoms with Crippen LogP contribution in [0.1, 0.15) is 13.8 Å². The van der Waals surface area contributed by atoms with Crippen molar-refractivity contribution in [3.8, 4) is 0 Å². The van der Waals surface area contributed by atoms with Gasteiger partial charge in [-0.15, -0.1) is 12.4 Å². The summed E-state index contributed by atoms with van der Waals surface area (Å²) in [7, 11) is 0. The normalized spacial score (nSPS) is 11.0. The molecule has 0 heterocycles. The van der Waals surface area contributed by atoms with Crippen LogP contribution in [0.25, 0.3) is 0 Å². The molecule has 0 bridgehead atoms. The van der Waals surface area contributed by atoms with E-state index in [9.17, 15) is 9.59 Å². The smallest absolute Gasteiger partial charge is 0.344 e. The summed E-state index contributed by atoms with van der Waals surface area (Å²) in [6.45, 7) is 2.46. The minimum Gasteiger partial charge on any atom is -0.479 e. The molecule has 1 N–H and O–H groups in total. The Morgan fingerprint density at radius 2 is 1.90 bits per heavy atom. The van der Waals surface area contributed by atoms with Gasteiger partial charge in [0.25, 0.3) is 0 Å². The zero-order valence-corrected chi connectivity index (χ0v) is 6.47. The van der Waals surface area contributed by atoms with Gasteiger partial charge >= 0.3 is 11.9 Å². The molecular weight excluding hydrogens is 160 g/mol. The molecule has 0 aromatic heterocycles. The average Bonchev–Trinajstić information content (AvgIpc) is 1.63. The topological polar surface area (TPSA) is 63.6 Å². The predicted molar refractivity (Wildman–Crippen MR) is 36.1 cm³/mol. The first-order valence-corrected chi connectivity index (χ1v) is 2.44. The third-order valence-corrected chi connectivity index (χ3v) is 0.691. The van der Waals surface area contributed by atoms with Gasteiger partial charge in [-0.3, -0.25) is 4.79 Å². The number of hydrogen-bond acceptors (Lipinski definition) is 3. The van der Waals surface area contributed by atoms with E-state index >= 15 is 0 Å². The Bertz CT molecular complexity index is 134. The van der Waals surface area contributed by atoms with Crippen LogP contribution < -0.4 is 0 Å². The second-order valence-electron chi connectivity index (χ2n) is 1.59. The zero-order valence-electron chi connectivity index (χ0n) is 5.66. The second kappa shape index (κ2) is 5.05. The maximum absolute atomic E-state index is 10.1. The summed E-state index contributed by atoms with van der Waals surface area (Å²) in [4.78, 5) is 20.0. The molecule has 0 saturated carbocycles. The monoisotopic (exact) mass is 168 g/mol. The summed E-state index contributed by atoms with van der Waals surface area (Å²) in [5.74, 6) is -1.71. The summed E-state index contributed by atoms with van der Waals surface area (Å²) >= 11 is 0. The molecule has 0 fully saturated rings. The fraction of sp³-hybridized carbons (Fsp3) is 0.600. The molecule has 0 rings (SSSR count). The summed E-state index contributed by atoms with van der Waals surface area (Å²) < 4.78 is 4.27. The highest BCUT2D eigenvalue weighted by atomic mass is 35.5. The molecule has 0 radical (unpaired) electrons. The molecule has 4 nitrogen and oxygen atoms in total. The second-order valence-corrected chi connectivity index (χ2v) is 1.59. The number of aliphatic carboxylic acids is 1. The molecule has 0 amide bonds. The highest BCUT2D eigenvalue weighted by molar-refractivity contribution is 5.85. The van der Waals surface area contributed by atoms with Crippen LogP contribution in [-0.2, 0) is 14.3 Å². The minimum atomic E-state index is -1.13. The fourth-order valence-electron chi connectivity index (χ4n) is 0.299.